The highest BCUT2D eigenvalue weighted by molar-refractivity contribution is 6.35. The molecule has 0 spiro atoms. The van der Waals surface area contributed by atoms with Gasteiger partial charge in [0.25, 0.3) is 0 Å². The van der Waals surface area contributed by atoms with Crippen LogP contribution in [0.15, 0.2) is 83.0 Å². The van der Waals surface area contributed by atoms with Crippen LogP contribution in [0.1, 0.15) is 31.9 Å². The van der Waals surface area contributed by atoms with Gasteiger partial charge < -0.3 is 24.0 Å². The van der Waals surface area contributed by atoms with Gasteiger partial charge in [-0.1, -0.05) is 36.2 Å². The van der Waals surface area contributed by atoms with Crippen LogP contribution in [0.5, 0.6) is 5.75 Å². The Morgan fingerprint density at radius 3 is 2.25 bits per heavy atom. The van der Waals surface area contributed by atoms with E-state index in [1.54, 1.807) is 35.1 Å². The molecule has 2 fully saturated rings. The Bertz CT molecular complexity index is 1760. The zero-order valence-electron chi connectivity index (χ0n) is 27.5. The minimum absolute atomic E-state index is 0.0655. The minimum atomic E-state index is -1.13. The number of hydrogen-bond acceptors (Lipinski definition) is 9. The van der Waals surface area contributed by atoms with Crippen LogP contribution in [0.3, 0.4) is 0 Å². The molecule has 0 bridgehead atoms. The number of likely N-dealkylation sites (N-methyl/N-ethyl adjacent to an activating group) is 1. The summed E-state index contributed by atoms with van der Waals surface area (Å²) in [5, 5.41) is 10.9. The van der Waals surface area contributed by atoms with Gasteiger partial charge in [-0.15, -0.1) is 0 Å². The molecular weight excluding hydrogens is 653 g/mol. The Kier molecular flexibility index (Phi) is 10.3. The Labute approximate surface area is 290 Å². The average molecular weight is 695 g/mol. The fourth-order valence-electron chi connectivity index (χ4n) is 6.06. The molecule has 0 amide bonds. The maximum Gasteiger partial charge on any atom is 0.350 e. The number of halogens is 2. The van der Waals surface area contributed by atoms with E-state index in [2.05, 4.69) is 51.0 Å². The first-order valence-electron chi connectivity index (χ1n) is 16.1. The molecule has 254 valence electrons. The van der Waals surface area contributed by atoms with Crippen LogP contribution in [0, 0.1) is 0 Å². The lowest BCUT2D eigenvalue weighted by atomic mass is 10.1. The highest BCUT2D eigenvalue weighted by Gasteiger charge is 2.46. The van der Waals surface area contributed by atoms with E-state index in [-0.39, 0.29) is 17.8 Å². The molecule has 2 saturated heterocycles. The number of nitrogens with zero attached hydrogens (tertiary/aromatic N) is 7. The number of rotatable bonds is 12. The van der Waals surface area contributed by atoms with Crippen LogP contribution in [0.2, 0.25) is 10.0 Å². The van der Waals surface area contributed by atoms with Gasteiger partial charge >= 0.3 is 5.69 Å². The van der Waals surface area contributed by atoms with E-state index in [1.807, 2.05) is 44.2 Å². The summed E-state index contributed by atoms with van der Waals surface area (Å²) in [6.07, 6.45) is 2.13. The van der Waals surface area contributed by atoms with Gasteiger partial charge in [0.05, 0.1) is 29.9 Å². The van der Waals surface area contributed by atoms with Crippen LogP contribution in [0.4, 0.5) is 11.4 Å². The molecule has 13 heteroatoms. The molecule has 2 aliphatic heterocycles. The molecule has 3 atom stereocenters. The molecule has 0 N–H and O–H groups in total. The van der Waals surface area contributed by atoms with Gasteiger partial charge in [0.2, 0.25) is 5.79 Å². The van der Waals surface area contributed by atoms with Gasteiger partial charge in [0.15, 0.2) is 0 Å². The monoisotopic (exact) mass is 693 g/mol. The molecule has 6 rings (SSSR count). The number of anilines is 2. The average Bonchev–Trinajstić information content (AvgIpc) is 3.70. The maximum absolute atomic E-state index is 12.8. The second-order valence-corrected chi connectivity index (χ2v) is 13.0. The Balaban J connectivity index is 1.01. The zero-order valence-corrected chi connectivity index (χ0v) is 29.0. The smallest absolute Gasteiger partial charge is 0.350 e. The highest BCUT2D eigenvalue weighted by Crippen LogP contribution is 2.40. The molecule has 0 aliphatic carbocycles. The van der Waals surface area contributed by atoms with Crippen LogP contribution in [0.25, 0.3) is 5.69 Å². The first-order chi connectivity index (χ1) is 23.2. The number of hydrogen-bond donors (Lipinski definition) is 0. The summed E-state index contributed by atoms with van der Waals surface area (Å²) in [5.74, 6) is -0.377. The van der Waals surface area contributed by atoms with Gasteiger partial charge in [0, 0.05) is 61.9 Å². The van der Waals surface area contributed by atoms with Crippen molar-refractivity contribution in [1.29, 1.82) is 0 Å². The van der Waals surface area contributed by atoms with Crippen LogP contribution >= 0.6 is 23.2 Å². The summed E-state index contributed by atoms with van der Waals surface area (Å²) in [5.41, 5.74) is 3.66. The third-order valence-electron chi connectivity index (χ3n) is 8.99. The first kappa shape index (κ1) is 33.9. The van der Waals surface area contributed by atoms with E-state index >= 15 is 0 Å². The van der Waals surface area contributed by atoms with E-state index < -0.39 is 5.79 Å². The summed E-state index contributed by atoms with van der Waals surface area (Å²) >= 11 is 12.7. The Morgan fingerprint density at radius 1 is 1.02 bits per heavy atom. The lowest BCUT2D eigenvalue weighted by Gasteiger charge is -2.37. The van der Waals surface area contributed by atoms with Crippen molar-refractivity contribution in [2.45, 2.75) is 38.2 Å². The normalized spacial score (nSPS) is 20.1. The summed E-state index contributed by atoms with van der Waals surface area (Å²) < 4.78 is 21.9. The summed E-state index contributed by atoms with van der Waals surface area (Å²) in [7, 11) is 1.80. The first-order valence-corrected chi connectivity index (χ1v) is 16.9. The fraction of sp³-hybridized carbons (Fsp3) is 0.400. The van der Waals surface area contributed by atoms with Crippen molar-refractivity contribution in [3.63, 3.8) is 0 Å². The minimum Gasteiger partial charge on any atom is -0.491 e. The second kappa shape index (κ2) is 14.6. The molecule has 3 aromatic carbocycles. The number of ether oxygens (including phenoxy) is 3. The molecule has 0 radical (unpaired) electrons. The summed E-state index contributed by atoms with van der Waals surface area (Å²) in [6, 6.07) is 21.6. The van der Waals surface area contributed by atoms with Crippen molar-refractivity contribution in [1.82, 2.24) is 19.4 Å². The SMILES string of the molecule is C=NN(C)C[C@@]1(c2ccc(Cl)cc2Cl)OC[C@@H](COc2ccc(N3CCN(c4ccc(-n5cnn(C(C)CC)c5=O)cc4)CC3)cc2)O1. The van der Waals surface area contributed by atoms with Crippen molar-refractivity contribution in [3.05, 3.63) is 99.2 Å². The zero-order chi connectivity index (χ0) is 33.8. The van der Waals surface area contributed by atoms with Crippen LogP contribution < -0.4 is 20.2 Å². The van der Waals surface area contributed by atoms with Crippen LogP contribution in [-0.2, 0) is 15.3 Å². The predicted octanol–water partition coefficient (Wildman–Crippen LogP) is 5.83. The van der Waals surface area contributed by atoms with Gasteiger partial charge in [-0.3, -0.25) is 5.01 Å². The number of hydrazone groups is 1. The molecular formula is C35H41Cl2N7O4. The highest BCUT2D eigenvalue weighted by atomic mass is 35.5. The summed E-state index contributed by atoms with van der Waals surface area (Å²) in [6.45, 7) is 12.1. The molecule has 3 heterocycles. The van der Waals surface area contributed by atoms with Crippen molar-refractivity contribution >= 4 is 41.3 Å². The van der Waals surface area contributed by atoms with Gasteiger partial charge in [-0.2, -0.15) is 10.2 Å². The standard InChI is InChI=1S/C35H41Cl2N7O4/c1-5-25(2)44-34(45)43(24-39-44)29-9-7-27(8-10-29)41-16-18-42(19-17-41)28-11-13-30(14-12-28)46-21-31-22-47-35(48-31,23-40(4)38-3)32-15-6-26(36)20-33(32)37/h6-15,20,24-25,31H,3,5,16-19,21-23H2,1-2,4H3/t25?,31-,35-/m1/s1. The van der Waals surface area contributed by atoms with Gasteiger partial charge in [-0.05, 0) is 74.0 Å². The molecule has 1 unspecified atom stereocenters. The number of aromatic nitrogens is 3. The lowest BCUT2D eigenvalue weighted by molar-refractivity contribution is -0.189. The summed E-state index contributed by atoms with van der Waals surface area (Å²) in [4.78, 5) is 17.5. The van der Waals surface area contributed by atoms with Crippen molar-refractivity contribution in [2.75, 3.05) is 62.8 Å². The van der Waals surface area contributed by atoms with E-state index in [0.717, 1.165) is 55.4 Å². The van der Waals surface area contributed by atoms with E-state index in [9.17, 15) is 4.79 Å². The molecule has 11 nitrogen and oxygen atoms in total. The van der Waals surface area contributed by atoms with Crippen molar-refractivity contribution in [3.8, 4) is 11.4 Å². The largest absolute Gasteiger partial charge is 0.491 e. The molecule has 4 aromatic rings. The molecule has 0 saturated carbocycles. The Hall–Kier alpha value is -4.03. The third kappa shape index (κ3) is 7.19. The molecule has 48 heavy (non-hydrogen) atoms. The van der Waals surface area contributed by atoms with E-state index in [1.165, 1.54) is 4.68 Å². The van der Waals surface area contributed by atoms with Crippen LogP contribution in [-0.4, -0.2) is 85.2 Å². The van der Waals surface area contributed by atoms with E-state index in [4.69, 9.17) is 37.4 Å². The number of benzene rings is 3. The molecule has 1 aromatic heterocycles. The lowest BCUT2D eigenvalue weighted by Crippen LogP contribution is -2.46. The number of piperazine rings is 1. The van der Waals surface area contributed by atoms with Gasteiger partial charge in [-0.25, -0.2) is 14.0 Å². The van der Waals surface area contributed by atoms with Gasteiger partial charge in [0.1, 0.15) is 24.8 Å². The second-order valence-electron chi connectivity index (χ2n) is 12.2. The topological polar surface area (TPSA) is 89.6 Å². The molecule has 2 aliphatic rings. The van der Waals surface area contributed by atoms with E-state index in [0.29, 0.717) is 35.4 Å². The van der Waals surface area contributed by atoms with Crippen molar-refractivity contribution in [2.24, 2.45) is 5.10 Å². The van der Waals surface area contributed by atoms with Crippen molar-refractivity contribution < 1.29 is 14.2 Å². The quantitative estimate of drug-likeness (QED) is 0.135. The third-order valence-corrected chi connectivity index (χ3v) is 9.54. The Morgan fingerprint density at radius 2 is 1.65 bits per heavy atom. The fourth-order valence-corrected chi connectivity index (χ4v) is 6.62. The maximum atomic E-state index is 12.8. The predicted molar refractivity (Wildman–Crippen MR) is 190 cm³/mol.